The molecule has 0 saturated carbocycles. The Hall–Kier alpha value is -3.09. The highest BCUT2D eigenvalue weighted by molar-refractivity contribution is 9.10. The summed E-state index contributed by atoms with van der Waals surface area (Å²) in [6, 6.07) is 19.6. The van der Waals surface area contributed by atoms with Crippen LogP contribution in [0.1, 0.15) is 21.6 Å². The van der Waals surface area contributed by atoms with E-state index in [9.17, 15) is 22.8 Å². The van der Waals surface area contributed by atoms with Crippen LogP contribution >= 0.6 is 50.9 Å². The molecule has 0 aliphatic heterocycles. The van der Waals surface area contributed by atoms with Crippen LogP contribution in [0.25, 0.3) is 22.4 Å². The first-order chi connectivity index (χ1) is 20.4. The highest BCUT2D eigenvalue weighted by Gasteiger charge is 2.29. The third-order valence-electron chi connectivity index (χ3n) is 6.05. The Morgan fingerprint density at radius 1 is 0.930 bits per heavy atom. The van der Waals surface area contributed by atoms with Crippen LogP contribution in [0.15, 0.2) is 82.2 Å². The van der Waals surface area contributed by atoms with Gasteiger partial charge in [0.05, 0.1) is 17.9 Å². The minimum Gasteiger partial charge on any atom is -0.375 e. The van der Waals surface area contributed by atoms with E-state index < -0.39 is 11.4 Å². The van der Waals surface area contributed by atoms with Gasteiger partial charge in [-0.1, -0.05) is 57.3 Å². The van der Waals surface area contributed by atoms with Gasteiger partial charge in [0.1, 0.15) is 6.61 Å². The van der Waals surface area contributed by atoms with Crippen molar-refractivity contribution in [1.82, 2.24) is 15.6 Å². The minimum absolute atomic E-state index is 0.000800. The number of rotatable bonds is 10. The third kappa shape index (κ3) is 9.20. The van der Waals surface area contributed by atoms with Crippen molar-refractivity contribution in [3.8, 4) is 22.4 Å². The number of ether oxygens (including phenoxy) is 1. The normalized spacial score (nSPS) is 11.3. The number of carbonyl (C=O) groups is 2. The smallest absolute Gasteiger partial charge is 0.375 e. The minimum atomic E-state index is -4.43. The summed E-state index contributed by atoms with van der Waals surface area (Å²) >= 11 is 15.9. The Balaban J connectivity index is 1.73. The van der Waals surface area contributed by atoms with Crippen LogP contribution in [0.2, 0.25) is 10.0 Å². The average molecular weight is 713 g/mol. The first kappa shape index (κ1) is 32.8. The van der Waals surface area contributed by atoms with Crippen LogP contribution in [0.5, 0.6) is 0 Å². The van der Waals surface area contributed by atoms with Crippen molar-refractivity contribution >= 4 is 62.7 Å². The van der Waals surface area contributed by atoms with Crippen LogP contribution in [-0.2, 0) is 22.6 Å². The maximum absolute atomic E-state index is 13.0. The van der Waals surface area contributed by atoms with Crippen LogP contribution in [-0.4, -0.2) is 36.0 Å². The highest BCUT2D eigenvalue weighted by Crippen LogP contribution is 2.38. The van der Waals surface area contributed by atoms with Crippen molar-refractivity contribution in [1.29, 1.82) is 0 Å². The molecule has 43 heavy (non-hydrogen) atoms. The lowest BCUT2D eigenvalue weighted by molar-refractivity contribution is -0.124. The lowest BCUT2D eigenvalue weighted by atomic mass is 9.96. The van der Waals surface area contributed by atoms with E-state index in [2.05, 4.69) is 26.6 Å². The summed E-state index contributed by atoms with van der Waals surface area (Å²) in [5, 5.41) is 6.41. The zero-order valence-corrected chi connectivity index (χ0v) is 26.3. The van der Waals surface area contributed by atoms with E-state index in [1.807, 2.05) is 30.3 Å². The lowest BCUT2D eigenvalue weighted by Gasteiger charge is -2.18. The van der Waals surface area contributed by atoms with Crippen LogP contribution in [0.4, 0.5) is 13.2 Å². The SMILES string of the molecule is COCC(=O)NCc1nc(-c2ccc(Br)cc2)c(-c2ccc(Cl)cc2Cl)cc1CNC(=O)c1ccc(SC(F)(F)F)cc1. The van der Waals surface area contributed by atoms with Gasteiger partial charge < -0.3 is 15.4 Å². The molecule has 4 rings (SSSR count). The molecule has 3 aromatic carbocycles. The monoisotopic (exact) mass is 711 g/mol. The summed E-state index contributed by atoms with van der Waals surface area (Å²) in [4.78, 5) is 30.1. The van der Waals surface area contributed by atoms with Gasteiger partial charge in [0.15, 0.2) is 0 Å². The molecule has 0 spiro atoms. The second-order valence-electron chi connectivity index (χ2n) is 9.09. The molecule has 6 nitrogen and oxygen atoms in total. The molecular weight excluding hydrogens is 690 g/mol. The van der Waals surface area contributed by atoms with Crippen molar-refractivity contribution in [2.24, 2.45) is 0 Å². The maximum atomic E-state index is 13.0. The fraction of sp³-hybridized carbons (Fsp3) is 0.167. The number of carbonyl (C=O) groups excluding carboxylic acids is 2. The number of halogens is 6. The zero-order valence-electron chi connectivity index (χ0n) is 22.4. The number of hydrogen-bond acceptors (Lipinski definition) is 5. The largest absolute Gasteiger partial charge is 0.446 e. The van der Waals surface area contributed by atoms with E-state index in [1.165, 1.54) is 31.4 Å². The van der Waals surface area contributed by atoms with Crippen molar-refractivity contribution in [2.75, 3.05) is 13.7 Å². The number of nitrogens with one attached hydrogen (secondary N) is 2. The van der Waals surface area contributed by atoms with Gasteiger partial charge in [-0.2, -0.15) is 13.2 Å². The average Bonchev–Trinajstić information content (AvgIpc) is 2.95. The molecule has 224 valence electrons. The Morgan fingerprint density at radius 2 is 1.63 bits per heavy atom. The molecule has 1 heterocycles. The summed E-state index contributed by atoms with van der Waals surface area (Å²) in [5.74, 6) is -0.855. The molecule has 1 aromatic heterocycles. The van der Waals surface area contributed by atoms with E-state index >= 15 is 0 Å². The molecule has 4 aromatic rings. The number of benzene rings is 3. The Morgan fingerprint density at radius 3 is 2.26 bits per heavy atom. The summed E-state index contributed by atoms with van der Waals surface area (Å²) in [7, 11) is 1.41. The second kappa shape index (κ2) is 14.6. The van der Waals surface area contributed by atoms with Gasteiger partial charge in [-0.3, -0.25) is 9.59 Å². The molecule has 13 heteroatoms. The van der Waals surface area contributed by atoms with E-state index in [0.717, 1.165) is 10.0 Å². The first-order valence-corrected chi connectivity index (χ1v) is 14.9. The standard InChI is InChI=1S/C30H23BrCl2F3N3O3S/c1-42-16-27(40)37-15-26-19(14-38-29(41)18-4-9-22(10-5-18)43-30(34,35)36)12-24(23-11-8-21(32)13-25(23)33)28(39-26)17-2-6-20(31)7-3-17/h2-13H,14-16H2,1H3,(H,37,40)(H,38,41). The number of methoxy groups -OCH3 is 1. The zero-order chi connectivity index (χ0) is 31.1. The van der Waals surface area contributed by atoms with Gasteiger partial charge in [0, 0.05) is 55.3 Å². The highest BCUT2D eigenvalue weighted by atomic mass is 79.9. The summed E-state index contributed by atoms with van der Waals surface area (Å²) < 4.78 is 43.8. The predicted molar refractivity (Wildman–Crippen MR) is 166 cm³/mol. The Bertz CT molecular complexity index is 1620. The molecule has 0 atom stereocenters. The number of nitrogens with zero attached hydrogens (tertiary/aromatic N) is 1. The van der Waals surface area contributed by atoms with Gasteiger partial charge in [-0.15, -0.1) is 0 Å². The van der Waals surface area contributed by atoms with E-state index in [-0.39, 0.29) is 47.8 Å². The van der Waals surface area contributed by atoms with Crippen molar-refractivity contribution in [3.05, 3.63) is 104 Å². The van der Waals surface area contributed by atoms with Gasteiger partial charge in [0.25, 0.3) is 5.91 Å². The number of thioether (sulfide) groups is 1. The molecule has 0 saturated heterocycles. The van der Waals surface area contributed by atoms with Crippen LogP contribution in [0, 0.1) is 0 Å². The number of alkyl halides is 3. The van der Waals surface area contributed by atoms with Gasteiger partial charge >= 0.3 is 5.51 Å². The summed E-state index contributed by atoms with van der Waals surface area (Å²) in [6.07, 6.45) is 0. The van der Waals surface area contributed by atoms with Gasteiger partial charge in [-0.05, 0) is 71.9 Å². The quantitative estimate of drug-likeness (QED) is 0.162. The molecule has 0 unspecified atom stereocenters. The summed E-state index contributed by atoms with van der Waals surface area (Å²) in [6.45, 7) is -0.110. The molecule has 2 N–H and O–H groups in total. The lowest BCUT2D eigenvalue weighted by Crippen LogP contribution is -2.29. The molecule has 0 bridgehead atoms. The van der Waals surface area contributed by atoms with E-state index in [4.69, 9.17) is 32.9 Å². The van der Waals surface area contributed by atoms with Crippen molar-refractivity contribution in [3.63, 3.8) is 0 Å². The maximum Gasteiger partial charge on any atom is 0.446 e. The number of hydrogen-bond donors (Lipinski definition) is 2. The summed E-state index contributed by atoms with van der Waals surface area (Å²) in [5.41, 5.74) is -0.515. The fourth-order valence-corrected chi connectivity index (χ4v) is 5.40. The van der Waals surface area contributed by atoms with Crippen molar-refractivity contribution in [2.45, 2.75) is 23.5 Å². The Labute approximate surface area is 268 Å². The molecule has 0 aliphatic carbocycles. The molecule has 0 aliphatic rings. The Kier molecular flexibility index (Phi) is 11.1. The van der Waals surface area contributed by atoms with E-state index in [1.54, 1.807) is 18.2 Å². The van der Waals surface area contributed by atoms with E-state index in [0.29, 0.717) is 38.1 Å². The van der Waals surface area contributed by atoms with Gasteiger partial charge in [0.2, 0.25) is 5.91 Å². The van der Waals surface area contributed by atoms with Gasteiger partial charge in [-0.25, -0.2) is 4.98 Å². The number of aromatic nitrogens is 1. The topological polar surface area (TPSA) is 80.3 Å². The van der Waals surface area contributed by atoms with Crippen LogP contribution in [0.3, 0.4) is 0 Å². The van der Waals surface area contributed by atoms with Crippen molar-refractivity contribution < 1.29 is 27.5 Å². The van der Waals surface area contributed by atoms with Crippen LogP contribution < -0.4 is 10.6 Å². The molecule has 0 radical (unpaired) electrons. The fourth-order valence-electron chi connectivity index (χ4n) is 4.09. The first-order valence-electron chi connectivity index (χ1n) is 12.6. The third-order valence-corrected chi connectivity index (χ3v) is 7.86. The molecule has 0 fully saturated rings. The molecule has 2 amide bonds. The molecular formula is C30H23BrCl2F3N3O3S. The number of amides is 2. The number of pyridine rings is 1. The second-order valence-corrected chi connectivity index (χ2v) is 12.0. The predicted octanol–water partition coefficient (Wildman–Crippen LogP) is 8.29.